The van der Waals surface area contributed by atoms with Gasteiger partial charge in [-0.15, -0.1) is 0 Å². The van der Waals surface area contributed by atoms with Crippen molar-refractivity contribution in [1.29, 1.82) is 0 Å². The molecule has 2 rings (SSSR count). The second-order valence-electron chi connectivity index (χ2n) is 4.67. The van der Waals surface area contributed by atoms with Gasteiger partial charge in [-0.1, -0.05) is 30.3 Å². The number of hydrogen-bond acceptors (Lipinski definition) is 4. The minimum absolute atomic E-state index is 0.0342. The fraction of sp³-hybridized carbons (Fsp3) is 0.267. The maximum Gasteiger partial charge on any atom is 0.287 e. The SMILES string of the molecule is CNC(Cc1ncc([N+](=O)[O-])cc1C)c1ccccc1. The van der Waals surface area contributed by atoms with Gasteiger partial charge in [-0.25, -0.2) is 0 Å². The summed E-state index contributed by atoms with van der Waals surface area (Å²) in [6.07, 6.45) is 2.02. The second kappa shape index (κ2) is 6.25. The van der Waals surface area contributed by atoms with Crippen molar-refractivity contribution in [2.24, 2.45) is 0 Å². The van der Waals surface area contributed by atoms with Crippen LogP contribution in [0.25, 0.3) is 0 Å². The fourth-order valence-corrected chi connectivity index (χ4v) is 2.17. The Morgan fingerprint density at radius 3 is 2.60 bits per heavy atom. The van der Waals surface area contributed by atoms with Gasteiger partial charge in [-0.05, 0) is 25.1 Å². The van der Waals surface area contributed by atoms with Gasteiger partial charge >= 0.3 is 0 Å². The van der Waals surface area contributed by atoms with Gasteiger partial charge in [0.15, 0.2) is 0 Å². The highest BCUT2D eigenvalue weighted by Crippen LogP contribution is 2.21. The van der Waals surface area contributed by atoms with Gasteiger partial charge in [0.05, 0.1) is 4.92 Å². The average Bonchev–Trinajstić information content (AvgIpc) is 2.46. The molecule has 0 bridgehead atoms. The molecule has 0 fully saturated rings. The van der Waals surface area contributed by atoms with Crippen LogP contribution in [-0.4, -0.2) is 17.0 Å². The molecule has 0 aliphatic carbocycles. The van der Waals surface area contributed by atoms with E-state index < -0.39 is 4.92 Å². The summed E-state index contributed by atoms with van der Waals surface area (Å²) in [4.78, 5) is 14.5. The summed E-state index contributed by atoms with van der Waals surface area (Å²) in [5, 5.41) is 14.0. The summed E-state index contributed by atoms with van der Waals surface area (Å²) in [6.45, 7) is 1.85. The van der Waals surface area contributed by atoms with Crippen LogP contribution in [0, 0.1) is 17.0 Å². The van der Waals surface area contributed by atoms with Gasteiger partial charge < -0.3 is 5.32 Å². The first-order valence-electron chi connectivity index (χ1n) is 6.44. The first-order chi connectivity index (χ1) is 9.61. The Kier molecular flexibility index (Phi) is 4.42. The maximum absolute atomic E-state index is 10.7. The first-order valence-corrected chi connectivity index (χ1v) is 6.44. The van der Waals surface area contributed by atoms with Crippen LogP contribution in [0.1, 0.15) is 22.9 Å². The van der Waals surface area contributed by atoms with E-state index in [9.17, 15) is 10.1 Å². The molecule has 0 saturated carbocycles. The predicted octanol–water partition coefficient (Wildman–Crippen LogP) is 2.80. The van der Waals surface area contributed by atoms with Gasteiger partial charge in [0.1, 0.15) is 6.20 Å². The van der Waals surface area contributed by atoms with E-state index >= 15 is 0 Å². The van der Waals surface area contributed by atoms with Crippen LogP contribution in [-0.2, 0) is 6.42 Å². The zero-order chi connectivity index (χ0) is 14.5. The standard InChI is InChI=1S/C15H17N3O2/c1-11-8-13(18(19)20)10-17-14(11)9-15(16-2)12-6-4-3-5-7-12/h3-8,10,15-16H,9H2,1-2H3. The summed E-state index contributed by atoms with van der Waals surface area (Å²) in [5.41, 5.74) is 2.93. The summed E-state index contributed by atoms with van der Waals surface area (Å²) in [7, 11) is 1.90. The fourth-order valence-electron chi connectivity index (χ4n) is 2.17. The molecular formula is C15H17N3O2. The second-order valence-corrected chi connectivity index (χ2v) is 4.67. The van der Waals surface area contributed by atoms with Crippen LogP contribution < -0.4 is 5.32 Å². The molecule has 1 heterocycles. The van der Waals surface area contributed by atoms with E-state index in [2.05, 4.69) is 22.4 Å². The molecule has 0 aliphatic rings. The van der Waals surface area contributed by atoms with Crippen molar-refractivity contribution >= 4 is 5.69 Å². The molecule has 1 aromatic heterocycles. The number of pyridine rings is 1. The zero-order valence-corrected chi connectivity index (χ0v) is 11.5. The molecule has 1 atom stereocenters. The lowest BCUT2D eigenvalue weighted by molar-refractivity contribution is -0.385. The van der Waals surface area contributed by atoms with E-state index in [0.717, 1.165) is 11.3 Å². The monoisotopic (exact) mass is 271 g/mol. The third-order valence-corrected chi connectivity index (χ3v) is 3.33. The smallest absolute Gasteiger partial charge is 0.287 e. The van der Waals surface area contributed by atoms with E-state index in [1.165, 1.54) is 11.8 Å². The minimum Gasteiger partial charge on any atom is -0.313 e. The molecular weight excluding hydrogens is 254 g/mol. The summed E-state index contributed by atoms with van der Waals surface area (Å²) >= 11 is 0. The van der Waals surface area contributed by atoms with E-state index in [1.54, 1.807) is 6.07 Å². The van der Waals surface area contributed by atoms with Crippen molar-refractivity contribution in [1.82, 2.24) is 10.3 Å². The Balaban J connectivity index is 2.22. The van der Waals surface area contributed by atoms with Crippen LogP contribution in [0.15, 0.2) is 42.6 Å². The van der Waals surface area contributed by atoms with Crippen molar-refractivity contribution in [3.05, 3.63) is 69.5 Å². The molecule has 0 aliphatic heterocycles. The number of aromatic nitrogens is 1. The van der Waals surface area contributed by atoms with Gasteiger partial charge in [-0.2, -0.15) is 0 Å². The largest absolute Gasteiger partial charge is 0.313 e. The van der Waals surface area contributed by atoms with Gasteiger partial charge in [0.25, 0.3) is 5.69 Å². The molecule has 20 heavy (non-hydrogen) atoms. The third-order valence-electron chi connectivity index (χ3n) is 3.33. The lowest BCUT2D eigenvalue weighted by Gasteiger charge is -2.17. The van der Waals surface area contributed by atoms with Gasteiger partial charge in [-0.3, -0.25) is 15.1 Å². The number of likely N-dealkylation sites (N-methyl/N-ethyl adjacent to an activating group) is 1. The Morgan fingerprint density at radius 2 is 2.05 bits per heavy atom. The molecule has 104 valence electrons. The first kappa shape index (κ1) is 14.1. The van der Waals surface area contributed by atoms with Crippen molar-refractivity contribution in [3.63, 3.8) is 0 Å². The van der Waals surface area contributed by atoms with Crippen LogP contribution in [0.3, 0.4) is 0 Å². The molecule has 0 spiro atoms. The van der Waals surface area contributed by atoms with Gasteiger partial charge in [0, 0.05) is 24.2 Å². The molecule has 2 aromatic rings. The van der Waals surface area contributed by atoms with Crippen molar-refractivity contribution < 1.29 is 4.92 Å². The highest BCUT2D eigenvalue weighted by Gasteiger charge is 2.14. The van der Waals surface area contributed by atoms with E-state index in [-0.39, 0.29) is 11.7 Å². The minimum atomic E-state index is -0.420. The topological polar surface area (TPSA) is 68.1 Å². The number of nitro groups is 1. The molecule has 1 aromatic carbocycles. The Morgan fingerprint density at radius 1 is 1.35 bits per heavy atom. The molecule has 5 heteroatoms. The van der Waals surface area contributed by atoms with Crippen LogP contribution in [0.5, 0.6) is 0 Å². The molecule has 0 amide bonds. The molecule has 1 N–H and O–H groups in total. The van der Waals surface area contributed by atoms with Crippen molar-refractivity contribution in [2.75, 3.05) is 7.05 Å². The highest BCUT2D eigenvalue weighted by atomic mass is 16.6. The molecule has 1 unspecified atom stereocenters. The molecule has 0 saturated heterocycles. The Labute approximate surface area is 117 Å². The lowest BCUT2D eigenvalue weighted by atomic mass is 10.00. The number of hydrogen-bond donors (Lipinski definition) is 1. The van der Waals surface area contributed by atoms with Crippen LogP contribution in [0.4, 0.5) is 5.69 Å². The summed E-state index contributed by atoms with van der Waals surface area (Å²) < 4.78 is 0. The van der Waals surface area contributed by atoms with E-state index in [0.29, 0.717) is 6.42 Å². The molecule has 5 nitrogen and oxygen atoms in total. The van der Waals surface area contributed by atoms with Crippen molar-refractivity contribution in [3.8, 4) is 0 Å². The number of benzene rings is 1. The summed E-state index contributed by atoms with van der Waals surface area (Å²) in [6, 6.07) is 11.8. The lowest BCUT2D eigenvalue weighted by Crippen LogP contribution is -2.19. The quantitative estimate of drug-likeness (QED) is 0.670. The van der Waals surface area contributed by atoms with Gasteiger partial charge in [0.2, 0.25) is 0 Å². The predicted molar refractivity (Wildman–Crippen MR) is 77.6 cm³/mol. The average molecular weight is 271 g/mol. The molecule has 0 radical (unpaired) electrons. The van der Waals surface area contributed by atoms with E-state index in [1.807, 2.05) is 32.2 Å². The van der Waals surface area contributed by atoms with Crippen LogP contribution in [0.2, 0.25) is 0 Å². The highest BCUT2D eigenvalue weighted by molar-refractivity contribution is 5.34. The Hall–Kier alpha value is -2.27. The maximum atomic E-state index is 10.7. The number of nitrogens with zero attached hydrogens (tertiary/aromatic N) is 2. The third kappa shape index (κ3) is 3.19. The summed E-state index contributed by atoms with van der Waals surface area (Å²) in [5.74, 6) is 0. The number of nitrogens with one attached hydrogen (secondary N) is 1. The Bertz CT molecular complexity index is 599. The van der Waals surface area contributed by atoms with E-state index in [4.69, 9.17) is 0 Å². The number of aryl methyl sites for hydroxylation is 1. The normalized spacial score (nSPS) is 12.1. The van der Waals surface area contributed by atoms with Crippen LogP contribution >= 0.6 is 0 Å². The zero-order valence-electron chi connectivity index (χ0n) is 11.5. The van der Waals surface area contributed by atoms with Crippen molar-refractivity contribution in [2.45, 2.75) is 19.4 Å². The number of rotatable bonds is 5.